The van der Waals surface area contributed by atoms with E-state index in [2.05, 4.69) is 10.4 Å². The van der Waals surface area contributed by atoms with Crippen molar-refractivity contribution in [3.8, 4) is 0 Å². The van der Waals surface area contributed by atoms with Crippen LogP contribution in [0.5, 0.6) is 0 Å². The van der Waals surface area contributed by atoms with E-state index in [0.29, 0.717) is 37.5 Å². The number of halogens is 5. The number of nitro benzene ring substituents is 1. The van der Waals surface area contributed by atoms with Crippen LogP contribution in [0.15, 0.2) is 18.2 Å². The van der Waals surface area contributed by atoms with Gasteiger partial charge < -0.3 is 9.84 Å². The molecule has 1 heterocycles. The van der Waals surface area contributed by atoms with Crippen LogP contribution in [0.25, 0.3) is 0 Å². The summed E-state index contributed by atoms with van der Waals surface area (Å²) in [6.45, 7) is 5.46. The number of benzene rings is 1. The lowest BCUT2D eigenvalue weighted by atomic mass is 10.1. The lowest BCUT2D eigenvalue weighted by molar-refractivity contribution is -0.388. The molecule has 1 aliphatic heterocycles. The molecule has 0 aromatic heterocycles. The highest BCUT2D eigenvalue weighted by molar-refractivity contribution is 7.54. The number of carbonyl (C=O) groups excluding carboxylic acids is 1. The van der Waals surface area contributed by atoms with Crippen molar-refractivity contribution >= 4 is 48.2 Å². The second-order valence-corrected chi connectivity index (χ2v) is 10.0. The zero-order valence-corrected chi connectivity index (χ0v) is 20.4. The van der Waals surface area contributed by atoms with E-state index in [1.54, 1.807) is 18.5 Å². The second kappa shape index (κ2) is 13.5. The summed E-state index contributed by atoms with van der Waals surface area (Å²) in [4.78, 5) is 20.8. The molecule has 1 amide bonds. The fraction of sp³-hybridized carbons (Fsp3) is 0.611. The SMILES string of the molecule is CC(C)C(=O)Nc1ccc([N+](=O)[O-])c(C(F)(F)F)c1.O=P1(N(CCCl)CCCl)NCCCO1. The lowest BCUT2D eigenvalue weighted by Gasteiger charge is -2.33. The molecule has 0 bridgehead atoms. The average molecular weight is 537 g/mol. The van der Waals surface area contributed by atoms with Crippen LogP contribution in [0, 0.1) is 16.0 Å². The second-order valence-electron chi connectivity index (χ2n) is 7.08. The number of nitrogens with zero attached hydrogens (tertiary/aromatic N) is 2. The molecule has 33 heavy (non-hydrogen) atoms. The van der Waals surface area contributed by atoms with E-state index in [1.165, 1.54) is 0 Å². The van der Waals surface area contributed by atoms with E-state index in [-0.39, 0.29) is 5.69 Å². The topological polar surface area (TPSA) is 114 Å². The van der Waals surface area contributed by atoms with Crippen molar-refractivity contribution < 1.29 is 32.0 Å². The van der Waals surface area contributed by atoms with Gasteiger partial charge in [0.05, 0.1) is 11.5 Å². The molecule has 2 rings (SSSR count). The highest BCUT2D eigenvalue weighted by Gasteiger charge is 2.38. The fourth-order valence-corrected chi connectivity index (χ4v) is 5.21. The number of nitrogens with one attached hydrogen (secondary N) is 2. The average Bonchev–Trinajstić information content (AvgIpc) is 2.73. The van der Waals surface area contributed by atoms with Crippen LogP contribution in [0.2, 0.25) is 0 Å². The van der Waals surface area contributed by atoms with Crippen molar-refractivity contribution in [2.24, 2.45) is 5.92 Å². The Morgan fingerprint density at radius 3 is 2.36 bits per heavy atom. The highest BCUT2D eigenvalue weighted by atomic mass is 35.5. The van der Waals surface area contributed by atoms with Crippen LogP contribution in [0.4, 0.5) is 24.5 Å². The Labute approximate surface area is 199 Å². The molecule has 0 saturated carbocycles. The van der Waals surface area contributed by atoms with E-state index in [4.69, 9.17) is 27.7 Å². The molecule has 1 aromatic rings. The maximum atomic E-state index is 12.7. The van der Waals surface area contributed by atoms with Gasteiger partial charge in [0.25, 0.3) is 5.69 Å². The molecule has 1 atom stereocenters. The predicted molar refractivity (Wildman–Crippen MR) is 121 cm³/mol. The third kappa shape index (κ3) is 9.38. The summed E-state index contributed by atoms with van der Waals surface area (Å²) in [5.41, 5.74) is -2.56. The van der Waals surface area contributed by atoms with Crippen LogP contribution >= 0.6 is 30.9 Å². The first-order valence-corrected chi connectivity index (χ1v) is 12.5. The summed E-state index contributed by atoms with van der Waals surface area (Å²) >= 11 is 11.2. The van der Waals surface area contributed by atoms with E-state index in [1.807, 2.05) is 0 Å². The van der Waals surface area contributed by atoms with Crippen LogP contribution in [0.3, 0.4) is 0 Å². The van der Waals surface area contributed by atoms with Crippen molar-refractivity contribution in [3.05, 3.63) is 33.9 Å². The molecule has 188 valence electrons. The number of amides is 1. The molecule has 0 aliphatic carbocycles. The Balaban J connectivity index is 0.000000346. The van der Waals surface area contributed by atoms with Gasteiger partial charge in [0, 0.05) is 49.1 Å². The van der Waals surface area contributed by atoms with Gasteiger partial charge in [-0.15, -0.1) is 23.2 Å². The number of rotatable bonds is 8. The van der Waals surface area contributed by atoms with Crippen molar-refractivity contribution in [1.29, 1.82) is 0 Å². The van der Waals surface area contributed by atoms with Gasteiger partial charge >= 0.3 is 13.8 Å². The number of anilines is 1. The summed E-state index contributed by atoms with van der Waals surface area (Å²) in [6, 6.07) is 2.34. The molecule has 2 N–H and O–H groups in total. The van der Waals surface area contributed by atoms with E-state index in [9.17, 15) is 32.6 Å². The van der Waals surface area contributed by atoms with Crippen molar-refractivity contribution in [2.75, 3.05) is 43.3 Å². The van der Waals surface area contributed by atoms with Gasteiger partial charge in [-0.25, -0.2) is 9.76 Å². The van der Waals surface area contributed by atoms with Gasteiger partial charge in [-0.05, 0) is 18.6 Å². The van der Waals surface area contributed by atoms with E-state index in [0.717, 1.165) is 25.1 Å². The van der Waals surface area contributed by atoms with Crippen LogP contribution < -0.4 is 10.4 Å². The predicted octanol–water partition coefficient (Wildman–Crippen LogP) is 5.09. The summed E-state index contributed by atoms with van der Waals surface area (Å²) in [6.07, 6.45) is -3.97. The molecule has 0 radical (unpaired) electrons. The first-order chi connectivity index (χ1) is 15.4. The summed E-state index contributed by atoms with van der Waals surface area (Å²) in [7, 11) is -2.84. The Hall–Kier alpha value is -1.43. The molecule has 15 heteroatoms. The van der Waals surface area contributed by atoms with Crippen molar-refractivity contribution in [1.82, 2.24) is 9.76 Å². The fourth-order valence-electron chi connectivity index (χ4n) is 2.56. The van der Waals surface area contributed by atoms with Crippen molar-refractivity contribution in [2.45, 2.75) is 26.4 Å². The summed E-state index contributed by atoms with van der Waals surface area (Å²) < 4.78 is 57.2. The molecule has 1 aliphatic rings. The molecule has 1 unspecified atom stereocenters. The monoisotopic (exact) mass is 536 g/mol. The first-order valence-electron chi connectivity index (χ1n) is 9.89. The highest BCUT2D eigenvalue weighted by Crippen LogP contribution is 2.48. The Bertz CT molecular complexity index is 845. The van der Waals surface area contributed by atoms with Gasteiger partial charge in [0.2, 0.25) is 5.91 Å². The molecule has 0 spiro atoms. The minimum absolute atomic E-state index is 0.128. The number of alkyl halides is 5. The Kier molecular flexibility index (Phi) is 12.1. The van der Waals surface area contributed by atoms with Gasteiger partial charge in [0.15, 0.2) is 0 Å². The quantitative estimate of drug-likeness (QED) is 0.206. The molecule has 1 aromatic carbocycles. The zero-order chi connectivity index (χ0) is 25.2. The van der Waals surface area contributed by atoms with E-state index >= 15 is 0 Å². The largest absolute Gasteiger partial charge is 0.423 e. The molecular formula is C18H26Cl2F3N4O5P. The van der Waals surface area contributed by atoms with Gasteiger partial charge in [0.1, 0.15) is 5.56 Å². The lowest BCUT2D eigenvalue weighted by Crippen LogP contribution is -2.35. The van der Waals surface area contributed by atoms with Crippen LogP contribution in [0.1, 0.15) is 25.8 Å². The normalized spacial score (nSPS) is 18.6. The third-order valence-electron chi connectivity index (χ3n) is 4.25. The van der Waals surface area contributed by atoms with Gasteiger partial charge in [-0.3, -0.25) is 19.5 Å². The molecule has 1 saturated heterocycles. The minimum atomic E-state index is -4.86. The number of carbonyl (C=O) groups is 1. The number of hydrogen-bond acceptors (Lipinski definition) is 5. The van der Waals surface area contributed by atoms with Crippen LogP contribution in [-0.2, 0) is 20.1 Å². The van der Waals surface area contributed by atoms with Crippen molar-refractivity contribution in [3.63, 3.8) is 0 Å². The maximum absolute atomic E-state index is 12.7. The first kappa shape index (κ1) is 29.6. The van der Waals surface area contributed by atoms with Gasteiger partial charge in [-0.2, -0.15) is 13.2 Å². The minimum Gasteiger partial charge on any atom is -0.326 e. The molecule has 9 nitrogen and oxygen atoms in total. The summed E-state index contributed by atoms with van der Waals surface area (Å²) in [5.74, 6) is -0.0378. The van der Waals surface area contributed by atoms with Gasteiger partial charge in [-0.1, -0.05) is 13.8 Å². The number of nitro groups is 1. The molecule has 1 fully saturated rings. The summed E-state index contributed by atoms with van der Waals surface area (Å²) in [5, 5.41) is 15.7. The maximum Gasteiger partial charge on any atom is 0.423 e. The molecular weight excluding hydrogens is 511 g/mol. The zero-order valence-electron chi connectivity index (χ0n) is 18.0. The standard InChI is InChI=1S/C11H11F3N2O3.C7H15Cl2N2O2P/c1-6(2)10(17)15-7-3-4-9(16(18)19)8(5-7)11(12,13)14;8-2-5-11(6-3-9)14(12)10-4-1-7-13-14/h3-6H,1-2H3,(H,15,17);1-7H2,(H,10,12). The third-order valence-corrected chi connectivity index (χ3v) is 6.89. The Morgan fingerprint density at radius 1 is 1.33 bits per heavy atom. The Morgan fingerprint density at radius 2 is 1.94 bits per heavy atom. The van der Waals surface area contributed by atoms with E-state index < -0.39 is 41.8 Å². The number of hydrogen-bond donors (Lipinski definition) is 2. The smallest absolute Gasteiger partial charge is 0.326 e. The van der Waals surface area contributed by atoms with Crippen LogP contribution in [-0.4, -0.2) is 53.5 Å².